The molecule has 104 valence electrons. The van der Waals surface area contributed by atoms with Crippen molar-refractivity contribution in [2.24, 2.45) is 10.9 Å². The van der Waals surface area contributed by atoms with Crippen molar-refractivity contribution in [1.29, 1.82) is 0 Å². The number of nitrogens with two attached hydrogens (primary N) is 1. The highest BCUT2D eigenvalue weighted by molar-refractivity contribution is 6.34. The molecule has 0 fully saturated rings. The van der Waals surface area contributed by atoms with E-state index >= 15 is 0 Å². The monoisotopic (exact) mass is 311 g/mol. The van der Waals surface area contributed by atoms with Crippen molar-refractivity contribution in [2.75, 3.05) is 0 Å². The van der Waals surface area contributed by atoms with Crippen molar-refractivity contribution in [3.05, 3.63) is 57.8 Å². The highest BCUT2D eigenvalue weighted by atomic mass is 35.5. The normalized spacial score (nSPS) is 11.4. The molecule has 1 aromatic carbocycles. The zero-order valence-electron chi connectivity index (χ0n) is 10.3. The van der Waals surface area contributed by atoms with Crippen LogP contribution in [-0.2, 0) is 6.61 Å². The average Bonchev–Trinajstić information content (AvgIpc) is 2.43. The van der Waals surface area contributed by atoms with E-state index in [2.05, 4.69) is 10.1 Å². The van der Waals surface area contributed by atoms with Gasteiger partial charge in [0.05, 0.1) is 0 Å². The summed E-state index contributed by atoms with van der Waals surface area (Å²) in [7, 11) is 0. The van der Waals surface area contributed by atoms with Crippen LogP contribution in [0.4, 0.5) is 0 Å². The predicted molar refractivity (Wildman–Crippen MR) is 77.5 cm³/mol. The number of benzene rings is 1. The van der Waals surface area contributed by atoms with Gasteiger partial charge in [-0.1, -0.05) is 34.4 Å². The van der Waals surface area contributed by atoms with Gasteiger partial charge < -0.3 is 15.7 Å². The molecule has 0 aliphatic carbocycles. The molecule has 0 saturated carbocycles. The maximum absolute atomic E-state index is 8.72. The Balaban J connectivity index is 2.19. The largest absolute Gasteiger partial charge is 0.489 e. The highest BCUT2D eigenvalue weighted by Crippen LogP contribution is 2.25. The van der Waals surface area contributed by atoms with Gasteiger partial charge in [0, 0.05) is 21.8 Å². The Kier molecular flexibility index (Phi) is 4.65. The molecule has 5 nitrogen and oxygen atoms in total. The number of halogens is 2. The van der Waals surface area contributed by atoms with Crippen molar-refractivity contribution >= 4 is 29.0 Å². The number of aromatic nitrogens is 1. The first-order valence-electron chi connectivity index (χ1n) is 5.61. The van der Waals surface area contributed by atoms with Crippen molar-refractivity contribution in [1.82, 2.24) is 4.98 Å². The zero-order valence-corrected chi connectivity index (χ0v) is 11.8. The van der Waals surface area contributed by atoms with E-state index in [0.717, 1.165) is 0 Å². The molecule has 2 rings (SSSR count). The van der Waals surface area contributed by atoms with E-state index in [0.29, 0.717) is 27.1 Å². The lowest BCUT2D eigenvalue weighted by molar-refractivity contribution is 0.304. The van der Waals surface area contributed by atoms with Crippen LogP contribution in [0, 0.1) is 0 Å². The summed E-state index contributed by atoms with van der Waals surface area (Å²) < 4.78 is 5.59. The Hall–Kier alpha value is -1.98. The summed E-state index contributed by atoms with van der Waals surface area (Å²) in [5.41, 5.74) is 6.60. The third-order valence-corrected chi connectivity index (χ3v) is 2.91. The predicted octanol–water partition coefficient (Wildman–Crippen LogP) is 3.06. The summed E-state index contributed by atoms with van der Waals surface area (Å²) in [6.07, 6.45) is 1.55. The van der Waals surface area contributed by atoms with Gasteiger partial charge in [-0.15, -0.1) is 0 Å². The fourth-order valence-corrected chi connectivity index (χ4v) is 2.11. The first-order chi connectivity index (χ1) is 9.60. The lowest BCUT2D eigenvalue weighted by atomic mass is 10.2. The van der Waals surface area contributed by atoms with Gasteiger partial charge in [-0.25, -0.2) is 0 Å². The number of ether oxygens (including phenoxy) is 1. The Morgan fingerprint density at radius 3 is 2.65 bits per heavy atom. The van der Waals surface area contributed by atoms with Gasteiger partial charge in [0.1, 0.15) is 18.1 Å². The number of amidine groups is 1. The van der Waals surface area contributed by atoms with Gasteiger partial charge in [-0.05, 0) is 24.3 Å². The van der Waals surface area contributed by atoms with Crippen LogP contribution in [0.25, 0.3) is 0 Å². The van der Waals surface area contributed by atoms with Crippen LogP contribution in [0.5, 0.6) is 5.75 Å². The maximum Gasteiger partial charge on any atom is 0.189 e. The number of nitrogens with zero attached hydrogens (tertiary/aromatic N) is 2. The highest BCUT2D eigenvalue weighted by Gasteiger charge is 2.09. The minimum absolute atomic E-state index is 0.0756. The lowest BCUT2D eigenvalue weighted by Crippen LogP contribution is -2.18. The van der Waals surface area contributed by atoms with Crippen molar-refractivity contribution in [3.8, 4) is 5.75 Å². The molecule has 0 aliphatic heterocycles. The molecule has 0 unspecified atom stereocenters. The van der Waals surface area contributed by atoms with E-state index in [4.69, 9.17) is 38.9 Å². The number of rotatable bonds is 4. The summed E-state index contributed by atoms with van der Waals surface area (Å²) >= 11 is 11.8. The van der Waals surface area contributed by atoms with E-state index in [1.54, 1.807) is 36.5 Å². The molecule has 0 bridgehead atoms. The van der Waals surface area contributed by atoms with Gasteiger partial charge in [-0.2, -0.15) is 0 Å². The van der Waals surface area contributed by atoms with Crippen molar-refractivity contribution in [3.63, 3.8) is 0 Å². The van der Waals surface area contributed by atoms with Gasteiger partial charge >= 0.3 is 0 Å². The second kappa shape index (κ2) is 6.45. The average molecular weight is 312 g/mol. The lowest BCUT2D eigenvalue weighted by Gasteiger charge is -2.10. The van der Waals surface area contributed by atoms with E-state index in [-0.39, 0.29) is 12.4 Å². The van der Waals surface area contributed by atoms with Crippen LogP contribution in [0.2, 0.25) is 10.0 Å². The van der Waals surface area contributed by atoms with Crippen molar-refractivity contribution in [2.45, 2.75) is 6.61 Å². The molecule has 0 atom stereocenters. The van der Waals surface area contributed by atoms with Gasteiger partial charge in [0.15, 0.2) is 5.84 Å². The molecule has 20 heavy (non-hydrogen) atoms. The van der Waals surface area contributed by atoms with Gasteiger partial charge in [0.25, 0.3) is 0 Å². The Morgan fingerprint density at radius 1 is 1.30 bits per heavy atom. The van der Waals surface area contributed by atoms with E-state index in [1.807, 2.05) is 0 Å². The van der Waals surface area contributed by atoms with Gasteiger partial charge in [0.2, 0.25) is 0 Å². The third-order valence-electron chi connectivity index (χ3n) is 2.47. The molecule has 3 N–H and O–H groups in total. The molecule has 0 saturated heterocycles. The van der Waals surface area contributed by atoms with E-state index in [1.165, 1.54) is 0 Å². The zero-order chi connectivity index (χ0) is 14.5. The van der Waals surface area contributed by atoms with Crippen LogP contribution in [0.15, 0.2) is 41.7 Å². The summed E-state index contributed by atoms with van der Waals surface area (Å²) in [5.74, 6) is 0.449. The molecular weight excluding hydrogens is 301 g/mol. The first kappa shape index (κ1) is 14.4. The van der Waals surface area contributed by atoms with Crippen LogP contribution < -0.4 is 10.5 Å². The quantitative estimate of drug-likeness (QED) is 0.393. The summed E-state index contributed by atoms with van der Waals surface area (Å²) in [6.45, 7) is 0.191. The van der Waals surface area contributed by atoms with Gasteiger partial charge in [-0.3, -0.25) is 4.98 Å². The molecule has 0 spiro atoms. The van der Waals surface area contributed by atoms with Crippen LogP contribution >= 0.6 is 23.2 Å². The summed E-state index contributed by atoms with van der Waals surface area (Å²) in [4.78, 5) is 4.05. The Labute approximate surface area is 125 Å². The number of pyridine rings is 1. The van der Waals surface area contributed by atoms with E-state index in [9.17, 15) is 0 Å². The molecule has 2 aromatic rings. The van der Waals surface area contributed by atoms with Crippen molar-refractivity contribution < 1.29 is 9.94 Å². The maximum atomic E-state index is 8.72. The summed E-state index contributed by atoms with van der Waals surface area (Å²) in [5, 5.41) is 12.6. The van der Waals surface area contributed by atoms with E-state index < -0.39 is 0 Å². The molecule has 0 amide bonds. The topological polar surface area (TPSA) is 80.7 Å². The minimum atomic E-state index is -0.0756. The SMILES string of the molecule is NC(=NO)c1ncccc1COc1cc(Cl)cc(Cl)c1. The fraction of sp³-hybridized carbons (Fsp3) is 0.0769. The van der Waals surface area contributed by atoms with Crippen LogP contribution in [0.1, 0.15) is 11.3 Å². The first-order valence-corrected chi connectivity index (χ1v) is 6.36. The fourth-order valence-electron chi connectivity index (χ4n) is 1.61. The molecule has 1 heterocycles. The molecule has 0 radical (unpaired) electrons. The Morgan fingerprint density at radius 2 is 2.00 bits per heavy atom. The third kappa shape index (κ3) is 3.53. The minimum Gasteiger partial charge on any atom is -0.489 e. The van der Waals surface area contributed by atoms with Crippen LogP contribution in [-0.4, -0.2) is 16.0 Å². The summed E-state index contributed by atoms with van der Waals surface area (Å²) in [6, 6.07) is 8.41. The standard InChI is InChI=1S/C13H11Cl2N3O2/c14-9-4-10(15)6-11(5-9)20-7-8-2-1-3-17-12(8)13(16)18-19/h1-6,19H,7H2,(H2,16,18). The number of hydrogen-bond donors (Lipinski definition) is 2. The number of hydrogen-bond acceptors (Lipinski definition) is 4. The second-order valence-corrected chi connectivity index (χ2v) is 4.76. The molecule has 7 heteroatoms. The number of oxime groups is 1. The van der Waals surface area contributed by atoms with Crippen LogP contribution in [0.3, 0.4) is 0 Å². The molecule has 0 aliphatic rings. The smallest absolute Gasteiger partial charge is 0.189 e. The second-order valence-electron chi connectivity index (χ2n) is 3.89. The Bertz CT molecular complexity index is 627. The molecular formula is C13H11Cl2N3O2. The molecule has 1 aromatic heterocycles.